The van der Waals surface area contributed by atoms with E-state index in [1.807, 2.05) is 26.0 Å². The number of rotatable bonds is 2. The summed E-state index contributed by atoms with van der Waals surface area (Å²) in [5, 5.41) is 1.36. The fraction of sp³-hybridized carbons (Fsp3) is 0.200. The minimum Gasteiger partial charge on any atom is -0.231 e. The molecular weight excluding hydrogens is 208 g/mol. The summed E-state index contributed by atoms with van der Waals surface area (Å²) in [6, 6.07) is 3.72. The SMILES string of the molecule is Cc1ccnc(Sc2nccc(C)n2)n1. The summed E-state index contributed by atoms with van der Waals surface area (Å²) in [6.45, 7) is 3.87. The lowest BCUT2D eigenvalue weighted by Crippen LogP contribution is -1.92. The van der Waals surface area contributed by atoms with Crippen LogP contribution in [-0.2, 0) is 0 Å². The molecular formula is C10H10N4S. The van der Waals surface area contributed by atoms with Gasteiger partial charge in [0.05, 0.1) is 0 Å². The fourth-order valence-electron chi connectivity index (χ4n) is 1.03. The summed E-state index contributed by atoms with van der Waals surface area (Å²) < 4.78 is 0. The van der Waals surface area contributed by atoms with Gasteiger partial charge in [-0.3, -0.25) is 0 Å². The fourth-order valence-corrected chi connectivity index (χ4v) is 1.80. The maximum Gasteiger partial charge on any atom is 0.195 e. The summed E-state index contributed by atoms with van der Waals surface area (Å²) in [7, 11) is 0. The molecule has 0 aromatic carbocycles. The molecule has 76 valence electrons. The van der Waals surface area contributed by atoms with Crippen molar-refractivity contribution in [2.75, 3.05) is 0 Å². The first-order chi connectivity index (χ1) is 7.24. The highest BCUT2D eigenvalue weighted by Crippen LogP contribution is 2.19. The second-order valence-corrected chi connectivity index (χ2v) is 4.00. The van der Waals surface area contributed by atoms with E-state index in [-0.39, 0.29) is 0 Å². The van der Waals surface area contributed by atoms with Crippen LogP contribution in [0.2, 0.25) is 0 Å². The summed E-state index contributed by atoms with van der Waals surface area (Å²) >= 11 is 1.37. The van der Waals surface area contributed by atoms with Gasteiger partial charge in [0.25, 0.3) is 0 Å². The molecule has 0 saturated heterocycles. The Labute approximate surface area is 92.2 Å². The van der Waals surface area contributed by atoms with Gasteiger partial charge in [-0.1, -0.05) is 0 Å². The molecule has 0 N–H and O–H groups in total. The number of nitrogens with zero attached hydrogens (tertiary/aromatic N) is 4. The van der Waals surface area contributed by atoms with Crippen LogP contribution in [0.15, 0.2) is 34.8 Å². The molecule has 0 aliphatic carbocycles. The molecule has 0 amide bonds. The smallest absolute Gasteiger partial charge is 0.195 e. The predicted molar refractivity (Wildman–Crippen MR) is 57.7 cm³/mol. The number of hydrogen-bond donors (Lipinski definition) is 0. The van der Waals surface area contributed by atoms with E-state index in [2.05, 4.69) is 19.9 Å². The van der Waals surface area contributed by atoms with Gasteiger partial charge in [-0.2, -0.15) is 0 Å². The van der Waals surface area contributed by atoms with E-state index in [0.29, 0.717) is 10.3 Å². The van der Waals surface area contributed by atoms with Crippen molar-refractivity contribution in [3.8, 4) is 0 Å². The van der Waals surface area contributed by atoms with Crippen molar-refractivity contribution in [1.29, 1.82) is 0 Å². The van der Waals surface area contributed by atoms with Gasteiger partial charge in [-0.25, -0.2) is 19.9 Å². The minimum atomic E-state index is 0.681. The van der Waals surface area contributed by atoms with Crippen LogP contribution < -0.4 is 0 Å². The molecule has 2 aromatic rings. The van der Waals surface area contributed by atoms with Gasteiger partial charge in [-0.15, -0.1) is 0 Å². The van der Waals surface area contributed by atoms with Gasteiger partial charge < -0.3 is 0 Å². The van der Waals surface area contributed by atoms with Gasteiger partial charge >= 0.3 is 0 Å². The Kier molecular flexibility index (Phi) is 2.91. The average Bonchev–Trinajstić information content (AvgIpc) is 2.17. The Morgan fingerprint density at radius 1 is 0.867 bits per heavy atom. The third-order valence-corrected chi connectivity index (χ3v) is 2.49. The monoisotopic (exact) mass is 218 g/mol. The largest absolute Gasteiger partial charge is 0.231 e. The van der Waals surface area contributed by atoms with Gasteiger partial charge in [-0.05, 0) is 37.7 Å². The van der Waals surface area contributed by atoms with Gasteiger partial charge in [0, 0.05) is 23.8 Å². The number of aromatic nitrogens is 4. The van der Waals surface area contributed by atoms with E-state index in [1.54, 1.807) is 12.4 Å². The van der Waals surface area contributed by atoms with Gasteiger partial charge in [0.1, 0.15) is 0 Å². The summed E-state index contributed by atoms with van der Waals surface area (Å²) in [5.41, 5.74) is 1.89. The molecule has 4 nitrogen and oxygen atoms in total. The van der Waals surface area contributed by atoms with E-state index in [4.69, 9.17) is 0 Å². The normalized spacial score (nSPS) is 10.3. The average molecular weight is 218 g/mol. The zero-order valence-electron chi connectivity index (χ0n) is 8.51. The van der Waals surface area contributed by atoms with Crippen molar-refractivity contribution >= 4 is 11.8 Å². The lowest BCUT2D eigenvalue weighted by atomic mass is 10.5. The Morgan fingerprint density at radius 2 is 1.33 bits per heavy atom. The summed E-state index contributed by atoms with van der Waals surface area (Å²) in [5.74, 6) is 0. The molecule has 15 heavy (non-hydrogen) atoms. The Balaban J connectivity index is 2.22. The quantitative estimate of drug-likeness (QED) is 0.722. The maximum atomic E-state index is 4.27. The van der Waals surface area contributed by atoms with E-state index in [9.17, 15) is 0 Å². The lowest BCUT2D eigenvalue weighted by molar-refractivity contribution is 0.896. The number of hydrogen-bond acceptors (Lipinski definition) is 5. The molecule has 2 rings (SSSR count). The van der Waals surface area contributed by atoms with Crippen molar-refractivity contribution in [1.82, 2.24) is 19.9 Å². The summed E-state index contributed by atoms with van der Waals surface area (Å²) in [4.78, 5) is 16.8. The Hall–Kier alpha value is -1.49. The molecule has 0 atom stereocenters. The van der Waals surface area contributed by atoms with Crippen LogP contribution in [0.4, 0.5) is 0 Å². The highest BCUT2D eigenvalue weighted by molar-refractivity contribution is 7.99. The summed E-state index contributed by atoms with van der Waals surface area (Å²) in [6.07, 6.45) is 3.47. The second kappa shape index (κ2) is 4.35. The second-order valence-electron chi connectivity index (χ2n) is 3.06. The third-order valence-electron chi connectivity index (χ3n) is 1.73. The maximum absolute atomic E-state index is 4.27. The number of aryl methyl sites for hydroxylation is 2. The van der Waals surface area contributed by atoms with Crippen LogP contribution in [0.1, 0.15) is 11.4 Å². The first-order valence-corrected chi connectivity index (χ1v) is 5.33. The molecule has 0 saturated carbocycles. The highest BCUT2D eigenvalue weighted by atomic mass is 32.2. The third kappa shape index (κ3) is 2.73. The molecule has 0 unspecified atom stereocenters. The minimum absolute atomic E-state index is 0.681. The van der Waals surface area contributed by atoms with Gasteiger partial charge in [0.15, 0.2) is 10.3 Å². The highest BCUT2D eigenvalue weighted by Gasteiger charge is 2.02. The van der Waals surface area contributed by atoms with E-state index >= 15 is 0 Å². The molecule has 2 aromatic heterocycles. The Morgan fingerprint density at radius 3 is 1.73 bits per heavy atom. The van der Waals surface area contributed by atoms with Crippen LogP contribution >= 0.6 is 11.8 Å². The van der Waals surface area contributed by atoms with Crippen molar-refractivity contribution in [3.63, 3.8) is 0 Å². The van der Waals surface area contributed by atoms with Crippen LogP contribution in [0, 0.1) is 13.8 Å². The van der Waals surface area contributed by atoms with Crippen LogP contribution in [0.3, 0.4) is 0 Å². The van der Waals surface area contributed by atoms with Crippen molar-refractivity contribution in [2.45, 2.75) is 24.2 Å². The molecule has 2 heterocycles. The zero-order valence-corrected chi connectivity index (χ0v) is 9.32. The standard InChI is InChI=1S/C10H10N4S/c1-7-3-5-11-9(13-7)15-10-12-6-4-8(2)14-10/h3-6H,1-2H3. The molecule has 0 spiro atoms. The van der Waals surface area contributed by atoms with Crippen molar-refractivity contribution in [3.05, 3.63) is 35.9 Å². The molecule has 0 fully saturated rings. The van der Waals surface area contributed by atoms with E-state index in [1.165, 1.54) is 11.8 Å². The molecule has 0 radical (unpaired) electrons. The first-order valence-electron chi connectivity index (χ1n) is 4.51. The topological polar surface area (TPSA) is 51.6 Å². The molecule has 0 bridgehead atoms. The molecule has 5 heteroatoms. The van der Waals surface area contributed by atoms with Crippen molar-refractivity contribution < 1.29 is 0 Å². The van der Waals surface area contributed by atoms with Crippen LogP contribution in [-0.4, -0.2) is 19.9 Å². The van der Waals surface area contributed by atoms with Gasteiger partial charge in [0.2, 0.25) is 0 Å². The molecule has 0 aliphatic heterocycles. The Bertz CT molecular complexity index is 429. The zero-order chi connectivity index (χ0) is 10.7. The van der Waals surface area contributed by atoms with Crippen LogP contribution in [0.5, 0.6) is 0 Å². The van der Waals surface area contributed by atoms with Crippen LogP contribution in [0.25, 0.3) is 0 Å². The molecule has 0 aliphatic rings. The first kappa shape index (κ1) is 10.0. The van der Waals surface area contributed by atoms with Crippen molar-refractivity contribution in [2.24, 2.45) is 0 Å². The predicted octanol–water partition coefficient (Wildman–Crippen LogP) is 2.03. The van der Waals surface area contributed by atoms with E-state index in [0.717, 1.165) is 11.4 Å². The van der Waals surface area contributed by atoms with E-state index < -0.39 is 0 Å². The lowest BCUT2D eigenvalue weighted by Gasteiger charge is -1.99.